The second kappa shape index (κ2) is 5.83. The first-order valence-electron chi connectivity index (χ1n) is 5.61. The van der Waals surface area contributed by atoms with Crippen LogP contribution in [0.4, 0.5) is 17.6 Å². The first-order chi connectivity index (χ1) is 9.34. The Bertz CT molecular complexity index is 609. The third-order valence-corrected chi connectivity index (χ3v) is 4.76. The summed E-state index contributed by atoms with van der Waals surface area (Å²) in [5.74, 6) is -1.26. The standard InChI is InChI=1S/C13H10BrF4NS/c1-19-11(12-9(14)4-5-20-12)7-2-3-10(15)8(6-7)13(16,17)18/h2-6,11,19H,1H3. The number of alkyl halides is 3. The van der Waals surface area contributed by atoms with E-state index in [2.05, 4.69) is 21.2 Å². The van der Waals surface area contributed by atoms with E-state index in [1.54, 1.807) is 7.05 Å². The van der Waals surface area contributed by atoms with Crippen molar-refractivity contribution in [2.75, 3.05) is 7.05 Å². The number of hydrogen-bond acceptors (Lipinski definition) is 2. The fraction of sp³-hybridized carbons (Fsp3) is 0.231. The zero-order chi connectivity index (χ0) is 14.9. The largest absolute Gasteiger partial charge is 0.419 e. The molecule has 0 spiro atoms. The third kappa shape index (κ3) is 3.05. The molecule has 1 N–H and O–H groups in total. The van der Waals surface area contributed by atoms with Gasteiger partial charge in [0, 0.05) is 9.35 Å². The molecule has 7 heteroatoms. The van der Waals surface area contributed by atoms with Gasteiger partial charge in [0.15, 0.2) is 0 Å². The average Bonchev–Trinajstić information content (AvgIpc) is 2.77. The normalized spacial score (nSPS) is 13.5. The maximum absolute atomic E-state index is 13.3. The number of benzene rings is 1. The molecule has 1 atom stereocenters. The Hall–Kier alpha value is -0.920. The number of halogens is 5. The summed E-state index contributed by atoms with van der Waals surface area (Å²) < 4.78 is 52.4. The lowest BCUT2D eigenvalue weighted by Gasteiger charge is -2.18. The summed E-state index contributed by atoms with van der Waals surface area (Å²) in [6.45, 7) is 0. The second-order valence-corrected chi connectivity index (χ2v) is 5.89. The summed E-state index contributed by atoms with van der Waals surface area (Å²) in [5.41, 5.74) is -0.882. The van der Waals surface area contributed by atoms with Crippen LogP contribution in [0.3, 0.4) is 0 Å². The van der Waals surface area contributed by atoms with Crippen LogP contribution in [-0.2, 0) is 6.18 Å². The van der Waals surface area contributed by atoms with Crippen molar-refractivity contribution >= 4 is 27.3 Å². The van der Waals surface area contributed by atoms with Crippen LogP contribution in [0.15, 0.2) is 34.1 Å². The van der Waals surface area contributed by atoms with Crippen LogP contribution >= 0.6 is 27.3 Å². The predicted octanol–water partition coefficient (Wildman–Crippen LogP) is 4.98. The Morgan fingerprint density at radius 3 is 2.45 bits per heavy atom. The minimum absolute atomic E-state index is 0.365. The van der Waals surface area contributed by atoms with Crippen LogP contribution in [-0.4, -0.2) is 7.05 Å². The molecular weight excluding hydrogens is 358 g/mol. The summed E-state index contributed by atoms with van der Waals surface area (Å²) in [5, 5.41) is 4.78. The minimum Gasteiger partial charge on any atom is -0.309 e. The van der Waals surface area contributed by atoms with E-state index in [1.807, 2.05) is 11.4 Å². The van der Waals surface area contributed by atoms with E-state index in [0.717, 1.165) is 21.5 Å². The molecule has 108 valence electrons. The Morgan fingerprint density at radius 2 is 1.95 bits per heavy atom. The van der Waals surface area contributed by atoms with Crippen molar-refractivity contribution in [3.05, 3.63) is 55.9 Å². The summed E-state index contributed by atoms with van der Waals surface area (Å²) in [6.07, 6.45) is -4.70. The zero-order valence-electron chi connectivity index (χ0n) is 10.3. The van der Waals surface area contributed by atoms with Gasteiger partial charge in [0.05, 0.1) is 11.6 Å². The van der Waals surface area contributed by atoms with Crippen molar-refractivity contribution in [3.63, 3.8) is 0 Å². The van der Waals surface area contributed by atoms with Gasteiger partial charge >= 0.3 is 6.18 Å². The number of rotatable bonds is 3. The Morgan fingerprint density at radius 1 is 1.25 bits per heavy atom. The van der Waals surface area contributed by atoms with Crippen molar-refractivity contribution < 1.29 is 17.6 Å². The first kappa shape index (κ1) is 15.5. The Balaban J connectivity index is 2.49. The maximum atomic E-state index is 13.3. The molecule has 0 fully saturated rings. The molecule has 2 rings (SSSR count). The molecular formula is C13H10BrF4NS. The predicted molar refractivity (Wildman–Crippen MR) is 74.3 cm³/mol. The lowest BCUT2D eigenvalue weighted by atomic mass is 10.0. The van der Waals surface area contributed by atoms with E-state index >= 15 is 0 Å². The van der Waals surface area contributed by atoms with Gasteiger partial charge in [-0.05, 0) is 52.1 Å². The van der Waals surface area contributed by atoms with E-state index in [0.29, 0.717) is 5.56 Å². The van der Waals surface area contributed by atoms with E-state index in [1.165, 1.54) is 17.4 Å². The molecule has 0 aliphatic rings. The molecule has 1 unspecified atom stereocenters. The number of hydrogen-bond donors (Lipinski definition) is 1. The molecule has 0 aliphatic carbocycles. The molecule has 1 aromatic heterocycles. The molecule has 2 aromatic rings. The molecule has 0 bridgehead atoms. The molecule has 0 radical (unpaired) electrons. The highest BCUT2D eigenvalue weighted by Gasteiger charge is 2.35. The van der Waals surface area contributed by atoms with Gasteiger partial charge < -0.3 is 5.32 Å². The van der Waals surface area contributed by atoms with Gasteiger partial charge in [-0.15, -0.1) is 11.3 Å². The van der Waals surface area contributed by atoms with Crippen LogP contribution in [0.1, 0.15) is 22.0 Å². The van der Waals surface area contributed by atoms with Gasteiger partial charge in [-0.3, -0.25) is 0 Å². The van der Waals surface area contributed by atoms with Crippen LogP contribution in [0, 0.1) is 5.82 Å². The fourth-order valence-electron chi connectivity index (χ4n) is 1.90. The van der Waals surface area contributed by atoms with Crippen molar-refractivity contribution in [3.8, 4) is 0 Å². The van der Waals surface area contributed by atoms with Crippen molar-refractivity contribution in [2.45, 2.75) is 12.2 Å². The van der Waals surface area contributed by atoms with Crippen molar-refractivity contribution in [2.24, 2.45) is 0 Å². The molecule has 0 aliphatic heterocycles. The van der Waals surface area contributed by atoms with Gasteiger partial charge in [0.1, 0.15) is 5.82 Å². The zero-order valence-corrected chi connectivity index (χ0v) is 12.7. The molecule has 0 saturated heterocycles. The smallest absolute Gasteiger partial charge is 0.309 e. The number of nitrogens with one attached hydrogen (secondary N) is 1. The lowest BCUT2D eigenvalue weighted by molar-refractivity contribution is -0.140. The van der Waals surface area contributed by atoms with E-state index in [4.69, 9.17) is 0 Å². The lowest BCUT2D eigenvalue weighted by Crippen LogP contribution is -2.18. The Labute approximate surface area is 125 Å². The highest BCUT2D eigenvalue weighted by molar-refractivity contribution is 9.10. The van der Waals surface area contributed by atoms with Crippen molar-refractivity contribution in [1.29, 1.82) is 0 Å². The van der Waals surface area contributed by atoms with Crippen LogP contribution in [0.2, 0.25) is 0 Å². The monoisotopic (exact) mass is 367 g/mol. The van der Waals surface area contributed by atoms with Gasteiger partial charge in [-0.2, -0.15) is 13.2 Å². The van der Waals surface area contributed by atoms with E-state index < -0.39 is 23.6 Å². The molecule has 20 heavy (non-hydrogen) atoms. The van der Waals surface area contributed by atoms with Crippen LogP contribution < -0.4 is 5.32 Å². The maximum Gasteiger partial charge on any atom is 0.419 e. The molecule has 0 amide bonds. The second-order valence-electron chi connectivity index (χ2n) is 4.09. The van der Waals surface area contributed by atoms with Gasteiger partial charge in [0.2, 0.25) is 0 Å². The van der Waals surface area contributed by atoms with Gasteiger partial charge in [-0.25, -0.2) is 4.39 Å². The van der Waals surface area contributed by atoms with Gasteiger partial charge in [-0.1, -0.05) is 6.07 Å². The highest BCUT2D eigenvalue weighted by Crippen LogP contribution is 2.37. The SMILES string of the molecule is CNC(c1ccc(F)c(C(F)(F)F)c1)c1sccc1Br. The third-order valence-electron chi connectivity index (χ3n) is 2.82. The van der Waals surface area contributed by atoms with E-state index in [-0.39, 0.29) is 0 Å². The summed E-state index contributed by atoms with van der Waals surface area (Å²) in [6, 6.07) is 4.45. The quantitative estimate of drug-likeness (QED) is 0.754. The summed E-state index contributed by atoms with van der Waals surface area (Å²) >= 11 is 4.76. The molecule has 1 heterocycles. The van der Waals surface area contributed by atoms with Crippen molar-refractivity contribution in [1.82, 2.24) is 5.32 Å². The average molecular weight is 368 g/mol. The van der Waals surface area contributed by atoms with Crippen LogP contribution in [0.25, 0.3) is 0 Å². The minimum atomic E-state index is -4.70. The molecule has 1 nitrogen and oxygen atoms in total. The summed E-state index contributed by atoms with van der Waals surface area (Å²) in [7, 11) is 1.65. The fourth-order valence-corrected chi connectivity index (χ4v) is 3.64. The van der Waals surface area contributed by atoms with E-state index in [9.17, 15) is 17.6 Å². The Kier molecular flexibility index (Phi) is 4.51. The molecule has 0 saturated carbocycles. The van der Waals surface area contributed by atoms with Gasteiger partial charge in [0.25, 0.3) is 0 Å². The molecule has 1 aromatic carbocycles. The topological polar surface area (TPSA) is 12.0 Å². The van der Waals surface area contributed by atoms with Crippen LogP contribution in [0.5, 0.6) is 0 Å². The highest BCUT2D eigenvalue weighted by atomic mass is 79.9. The number of thiophene rings is 1. The summed E-state index contributed by atoms with van der Waals surface area (Å²) in [4.78, 5) is 0.840. The first-order valence-corrected chi connectivity index (χ1v) is 7.28.